The van der Waals surface area contributed by atoms with Crippen molar-refractivity contribution in [2.24, 2.45) is 12.0 Å². The van der Waals surface area contributed by atoms with Crippen LogP contribution in [0.4, 0.5) is 0 Å². The Morgan fingerprint density at radius 3 is 2.63 bits per heavy atom. The van der Waals surface area contributed by atoms with Gasteiger partial charge in [-0.25, -0.2) is 4.68 Å². The number of para-hydroxylation sites is 1. The lowest BCUT2D eigenvalue weighted by Gasteiger charge is -2.12. The second-order valence-electron chi connectivity index (χ2n) is 6.06. The van der Waals surface area contributed by atoms with Gasteiger partial charge in [0, 0.05) is 32.5 Å². The highest BCUT2D eigenvalue weighted by Gasteiger charge is 2.09. The number of nitrogens with one attached hydrogen (secondary N) is 2. The Morgan fingerprint density at radius 1 is 1.19 bits per heavy atom. The molecule has 0 atom stereocenters. The molecule has 27 heavy (non-hydrogen) atoms. The minimum absolute atomic E-state index is 0.534. The molecular weight excluding hydrogens is 383 g/mol. The minimum Gasteiger partial charge on any atom is -0.356 e. The van der Waals surface area contributed by atoms with E-state index in [9.17, 15) is 0 Å². The molecule has 2 heterocycles. The summed E-state index contributed by atoms with van der Waals surface area (Å²) < 4.78 is 3.73. The molecule has 0 amide bonds. The molecule has 3 aromatic rings. The summed E-state index contributed by atoms with van der Waals surface area (Å²) in [5.41, 5.74) is 3.19. The van der Waals surface area contributed by atoms with Gasteiger partial charge in [0.1, 0.15) is 5.15 Å². The Kier molecular flexibility index (Phi) is 6.42. The number of aliphatic imine (C=N–C) groups is 1. The van der Waals surface area contributed by atoms with Gasteiger partial charge in [-0.15, -0.1) is 0 Å². The number of rotatable bonds is 6. The van der Waals surface area contributed by atoms with Gasteiger partial charge in [0.05, 0.1) is 23.5 Å². The third-order valence-corrected chi connectivity index (χ3v) is 5.08. The Labute approximate surface area is 168 Å². The van der Waals surface area contributed by atoms with Gasteiger partial charge in [-0.05, 0) is 30.2 Å². The summed E-state index contributed by atoms with van der Waals surface area (Å²) in [6, 6.07) is 11.9. The van der Waals surface area contributed by atoms with E-state index >= 15 is 0 Å². The topological polar surface area (TPSA) is 59.2 Å². The number of guanidine groups is 1. The van der Waals surface area contributed by atoms with Gasteiger partial charge in [-0.2, -0.15) is 5.10 Å². The fourth-order valence-corrected chi connectivity index (χ4v) is 3.11. The summed E-state index contributed by atoms with van der Waals surface area (Å²) >= 11 is 12.1. The SMILES string of the molecule is CN=C(NCCc1cnn(-c2ccccc2)c1)NCc1cc(Cl)c(Cl)n1C. The fourth-order valence-electron chi connectivity index (χ4n) is 2.69. The number of benzene rings is 1. The van der Waals surface area contributed by atoms with E-state index in [0.717, 1.165) is 35.9 Å². The molecule has 0 radical (unpaired) electrons. The van der Waals surface area contributed by atoms with Gasteiger partial charge in [-0.1, -0.05) is 41.4 Å². The van der Waals surface area contributed by atoms with Crippen molar-refractivity contribution in [3.05, 3.63) is 70.2 Å². The molecule has 0 aliphatic heterocycles. The van der Waals surface area contributed by atoms with Crippen LogP contribution in [0.2, 0.25) is 10.2 Å². The van der Waals surface area contributed by atoms with Crippen LogP contribution in [-0.4, -0.2) is 33.9 Å². The Balaban J connectivity index is 1.49. The minimum atomic E-state index is 0.534. The van der Waals surface area contributed by atoms with Crippen LogP contribution >= 0.6 is 23.2 Å². The van der Waals surface area contributed by atoms with Crippen molar-refractivity contribution in [1.29, 1.82) is 0 Å². The molecule has 0 bridgehead atoms. The second kappa shape index (κ2) is 8.97. The van der Waals surface area contributed by atoms with E-state index in [4.69, 9.17) is 23.2 Å². The fraction of sp³-hybridized carbons (Fsp3) is 0.263. The quantitative estimate of drug-likeness (QED) is 0.488. The van der Waals surface area contributed by atoms with E-state index in [1.54, 1.807) is 7.05 Å². The van der Waals surface area contributed by atoms with Crippen molar-refractivity contribution in [3.8, 4) is 5.69 Å². The average molecular weight is 405 g/mol. The van der Waals surface area contributed by atoms with Crippen LogP contribution in [0, 0.1) is 0 Å². The van der Waals surface area contributed by atoms with Crippen molar-refractivity contribution in [1.82, 2.24) is 25.0 Å². The smallest absolute Gasteiger partial charge is 0.191 e. The summed E-state index contributed by atoms with van der Waals surface area (Å²) in [6.45, 7) is 1.32. The maximum absolute atomic E-state index is 6.09. The molecule has 142 valence electrons. The van der Waals surface area contributed by atoms with E-state index in [-0.39, 0.29) is 0 Å². The van der Waals surface area contributed by atoms with Crippen molar-refractivity contribution in [2.45, 2.75) is 13.0 Å². The van der Waals surface area contributed by atoms with Gasteiger partial charge in [0.25, 0.3) is 0 Å². The summed E-state index contributed by atoms with van der Waals surface area (Å²) in [5.74, 6) is 0.721. The van der Waals surface area contributed by atoms with E-state index in [0.29, 0.717) is 16.7 Å². The van der Waals surface area contributed by atoms with Crippen LogP contribution in [0.5, 0.6) is 0 Å². The number of nitrogens with zero attached hydrogens (tertiary/aromatic N) is 4. The highest BCUT2D eigenvalue weighted by Crippen LogP contribution is 2.24. The Hall–Kier alpha value is -2.44. The molecule has 0 saturated carbocycles. The zero-order valence-corrected chi connectivity index (χ0v) is 16.8. The van der Waals surface area contributed by atoms with Gasteiger partial charge < -0.3 is 15.2 Å². The molecule has 0 fully saturated rings. The van der Waals surface area contributed by atoms with Crippen LogP contribution in [0.3, 0.4) is 0 Å². The predicted octanol–water partition coefficient (Wildman–Crippen LogP) is 3.43. The van der Waals surface area contributed by atoms with Crippen molar-refractivity contribution in [3.63, 3.8) is 0 Å². The number of hydrogen-bond donors (Lipinski definition) is 2. The van der Waals surface area contributed by atoms with E-state index in [1.807, 2.05) is 65.1 Å². The first-order chi connectivity index (χ1) is 13.1. The predicted molar refractivity (Wildman–Crippen MR) is 111 cm³/mol. The highest BCUT2D eigenvalue weighted by molar-refractivity contribution is 6.41. The standard InChI is InChI=1S/C19H22Cl2N6/c1-22-19(24-12-16-10-17(20)18(21)26(16)2)23-9-8-14-11-25-27(13-14)15-6-4-3-5-7-15/h3-7,10-11,13H,8-9,12H2,1-2H3,(H2,22,23,24). The molecule has 0 aliphatic rings. The molecule has 0 unspecified atom stereocenters. The molecule has 0 aliphatic carbocycles. The number of halogens is 2. The number of hydrogen-bond acceptors (Lipinski definition) is 2. The summed E-state index contributed by atoms with van der Waals surface area (Å²) in [5, 5.41) is 12.1. The van der Waals surface area contributed by atoms with Gasteiger partial charge in [-0.3, -0.25) is 4.99 Å². The average Bonchev–Trinajstić information content (AvgIpc) is 3.26. The van der Waals surface area contributed by atoms with Crippen LogP contribution < -0.4 is 10.6 Å². The molecule has 0 spiro atoms. The summed E-state index contributed by atoms with van der Waals surface area (Å²) in [4.78, 5) is 4.24. The lowest BCUT2D eigenvalue weighted by Crippen LogP contribution is -2.38. The third kappa shape index (κ3) is 4.84. The van der Waals surface area contributed by atoms with Crippen LogP contribution in [0.25, 0.3) is 5.69 Å². The monoisotopic (exact) mass is 404 g/mol. The first-order valence-corrected chi connectivity index (χ1v) is 9.37. The van der Waals surface area contributed by atoms with Crippen LogP contribution in [-0.2, 0) is 20.0 Å². The van der Waals surface area contributed by atoms with E-state index in [1.165, 1.54) is 0 Å². The molecule has 8 heteroatoms. The first-order valence-electron chi connectivity index (χ1n) is 8.61. The molecule has 2 aromatic heterocycles. The zero-order chi connectivity index (χ0) is 19.2. The zero-order valence-electron chi connectivity index (χ0n) is 15.3. The van der Waals surface area contributed by atoms with Crippen LogP contribution in [0.15, 0.2) is 53.8 Å². The van der Waals surface area contributed by atoms with Crippen molar-refractivity contribution in [2.75, 3.05) is 13.6 Å². The van der Waals surface area contributed by atoms with Crippen molar-refractivity contribution < 1.29 is 0 Å². The maximum Gasteiger partial charge on any atom is 0.191 e. The first kappa shape index (κ1) is 19.3. The third-order valence-electron chi connectivity index (χ3n) is 4.24. The second-order valence-corrected chi connectivity index (χ2v) is 6.83. The molecule has 3 rings (SSSR count). The maximum atomic E-state index is 6.09. The summed E-state index contributed by atoms with van der Waals surface area (Å²) in [7, 11) is 3.62. The number of aromatic nitrogens is 3. The summed E-state index contributed by atoms with van der Waals surface area (Å²) in [6.07, 6.45) is 4.77. The highest BCUT2D eigenvalue weighted by atomic mass is 35.5. The van der Waals surface area contributed by atoms with Gasteiger partial charge in [0.15, 0.2) is 5.96 Å². The molecule has 1 aromatic carbocycles. The van der Waals surface area contributed by atoms with Gasteiger partial charge in [0.2, 0.25) is 0 Å². The Bertz CT molecular complexity index is 914. The molecular formula is C19H22Cl2N6. The molecule has 0 saturated heterocycles. The normalized spacial score (nSPS) is 11.6. The lowest BCUT2D eigenvalue weighted by molar-refractivity contribution is 0.747. The van der Waals surface area contributed by atoms with E-state index < -0.39 is 0 Å². The lowest BCUT2D eigenvalue weighted by atomic mass is 10.2. The van der Waals surface area contributed by atoms with Gasteiger partial charge >= 0.3 is 0 Å². The van der Waals surface area contributed by atoms with E-state index in [2.05, 4.69) is 20.7 Å². The largest absolute Gasteiger partial charge is 0.356 e. The molecule has 2 N–H and O–H groups in total. The molecule has 6 nitrogen and oxygen atoms in total. The van der Waals surface area contributed by atoms with Crippen molar-refractivity contribution >= 4 is 29.2 Å². The van der Waals surface area contributed by atoms with Crippen LogP contribution in [0.1, 0.15) is 11.3 Å². The Morgan fingerprint density at radius 2 is 1.96 bits per heavy atom.